The Morgan fingerprint density at radius 2 is 1.82 bits per heavy atom. The topological polar surface area (TPSA) is 32.3 Å². The maximum Gasteiger partial charge on any atom is 0.241 e. The van der Waals surface area contributed by atoms with Gasteiger partial charge in [-0.15, -0.1) is 0 Å². The summed E-state index contributed by atoms with van der Waals surface area (Å²) in [5.41, 5.74) is 0. The quantitative estimate of drug-likeness (QED) is 0.801. The van der Waals surface area contributed by atoms with Gasteiger partial charge in [-0.2, -0.15) is 0 Å². The third-order valence-electron chi connectivity index (χ3n) is 3.55. The van der Waals surface area contributed by atoms with Crippen molar-refractivity contribution in [2.24, 2.45) is 11.8 Å². The van der Waals surface area contributed by atoms with Gasteiger partial charge in [0.1, 0.15) is 0 Å². The number of carbonyl (C=O) groups is 1. The summed E-state index contributed by atoms with van der Waals surface area (Å²) in [7, 11) is 0. The van der Waals surface area contributed by atoms with Gasteiger partial charge in [-0.3, -0.25) is 10.1 Å². The maximum absolute atomic E-state index is 12.3. The number of carbonyl (C=O) groups excluding carboxylic acids is 1. The second kappa shape index (κ2) is 5.85. The van der Waals surface area contributed by atoms with Gasteiger partial charge in [-0.25, -0.2) is 0 Å². The van der Waals surface area contributed by atoms with Crippen molar-refractivity contribution in [3.05, 3.63) is 0 Å². The smallest absolute Gasteiger partial charge is 0.241 e. The van der Waals surface area contributed by atoms with Crippen LogP contribution in [0.2, 0.25) is 0 Å². The van der Waals surface area contributed by atoms with Crippen LogP contribution < -0.4 is 5.32 Å². The summed E-state index contributed by atoms with van der Waals surface area (Å²) < 4.78 is 0. The monoisotopic (exact) mass is 240 g/mol. The van der Waals surface area contributed by atoms with Gasteiger partial charge in [0.25, 0.3) is 0 Å². The average molecular weight is 240 g/mol. The summed E-state index contributed by atoms with van der Waals surface area (Å²) in [4.78, 5) is 14.4. The molecule has 0 bridgehead atoms. The van der Waals surface area contributed by atoms with Gasteiger partial charge in [0.2, 0.25) is 5.91 Å². The van der Waals surface area contributed by atoms with Crippen molar-refractivity contribution in [1.29, 1.82) is 0 Å². The molecule has 0 radical (unpaired) electrons. The van der Waals surface area contributed by atoms with Crippen LogP contribution >= 0.6 is 0 Å². The Hall–Kier alpha value is -0.570. The van der Waals surface area contributed by atoms with E-state index in [4.69, 9.17) is 0 Å². The molecule has 0 aromatic rings. The highest BCUT2D eigenvalue weighted by atomic mass is 16.2. The van der Waals surface area contributed by atoms with Gasteiger partial charge in [0.15, 0.2) is 0 Å². The number of rotatable bonds is 5. The number of hydrogen-bond acceptors (Lipinski definition) is 2. The number of nitrogens with one attached hydrogen (secondary N) is 1. The van der Waals surface area contributed by atoms with E-state index in [1.54, 1.807) is 0 Å². The average Bonchev–Trinajstić information content (AvgIpc) is 2.54. The third-order valence-corrected chi connectivity index (χ3v) is 3.55. The zero-order valence-electron chi connectivity index (χ0n) is 12.2. The minimum Gasteiger partial charge on any atom is -0.323 e. The van der Waals surface area contributed by atoms with Crippen LogP contribution in [0.25, 0.3) is 0 Å². The van der Waals surface area contributed by atoms with E-state index in [-0.39, 0.29) is 12.2 Å². The van der Waals surface area contributed by atoms with Crippen molar-refractivity contribution in [3.63, 3.8) is 0 Å². The number of hydrogen-bond donors (Lipinski definition) is 1. The van der Waals surface area contributed by atoms with Crippen LogP contribution in [0.3, 0.4) is 0 Å². The Kier molecular flexibility index (Phi) is 4.99. The molecule has 0 aromatic heterocycles. The van der Waals surface area contributed by atoms with Gasteiger partial charge < -0.3 is 4.90 Å². The van der Waals surface area contributed by atoms with Gasteiger partial charge in [-0.1, -0.05) is 34.6 Å². The Labute approximate surface area is 106 Å². The first-order valence-corrected chi connectivity index (χ1v) is 6.96. The summed E-state index contributed by atoms with van der Waals surface area (Å²) in [6.45, 7) is 13.0. The van der Waals surface area contributed by atoms with Crippen molar-refractivity contribution >= 4 is 5.91 Å². The second-order valence-electron chi connectivity index (χ2n) is 6.04. The van der Waals surface area contributed by atoms with E-state index in [1.807, 2.05) is 0 Å². The molecule has 1 rings (SSSR count). The fraction of sp³-hybridized carbons (Fsp3) is 0.929. The van der Waals surface area contributed by atoms with Crippen molar-refractivity contribution in [3.8, 4) is 0 Å². The molecule has 0 saturated carbocycles. The summed E-state index contributed by atoms with van der Waals surface area (Å²) in [5.74, 6) is 1.38. The van der Waals surface area contributed by atoms with Crippen molar-refractivity contribution in [1.82, 2.24) is 10.2 Å². The highest BCUT2D eigenvalue weighted by molar-refractivity contribution is 5.84. The lowest BCUT2D eigenvalue weighted by Gasteiger charge is -2.33. The molecule has 1 aliphatic rings. The van der Waals surface area contributed by atoms with Crippen LogP contribution in [0.1, 0.15) is 54.4 Å². The van der Waals surface area contributed by atoms with E-state index >= 15 is 0 Å². The van der Waals surface area contributed by atoms with E-state index in [0.717, 1.165) is 12.8 Å². The Morgan fingerprint density at radius 3 is 2.24 bits per heavy atom. The fourth-order valence-corrected chi connectivity index (χ4v) is 2.77. The molecular weight excluding hydrogens is 212 g/mol. The van der Waals surface area contributed by atoms with Crippen LogP contribution in [0.4, 0.5) is 0 Å². The van der Waals surface area contributed by atoms with E-state index in [1.165, 1.54) is 0 Å². The van der Waals surface area contributed by atoms with Gasteiger partial charge in [0.05, 0.1) is 12.2 Å². The molecule has 3 atom stereocenters. The molecule has 1 amide bonds. The molecule has 1 N–H and O–H groups in total. The molecule has 3 heteroatoms. The van der Waals surface area contributed by atoms with Crippen molar-refractivity contribution < 1.29 is 4.79 Å². The largest absolute Gasteiger partial charge is 0.323 e. The Balaban J connectivity index is 2.81. The zero-order chi connectivity index (χ0) is 13.2. The molecule has 0 aliphatic carbocycles. The minimum absolute atomic E-state index is 0.0250. The molecule has 3 nitrogen and oxygen atoms in total. The van der Waals surface area contributed by atoms with Crippen LogP contribution in [0, 0.1) is 11.8 Å². The standard InChI is InChI=1S/C14H28N2O/c1-7-12-14(17)16(11(6)8-9(2)3)13(15-12)10(4)5/h9-13,15H,7-8H2,1-6H3. The van der Waals surface area contributed by atoms with Crippen LogP contribution in [0.15, 0.2) is 0 Å². The Bertz CT molecular complexity index is 263. The number of amides is 1. The minimum atomic E-state index is 0.0250. The SMILES string of the molecule is CCC1NC(C(C)C)N(C(C)CC(C)C)C1=O. The molecule has 1 fully saturated rings. The number of nitrogens with zero attached hydrogens (tertiary/aromatic N) is 1. The lowest BCUT2D eigenvalue weighted by molar-refractivity contribution is -0.132. The molecule has 17 heavy (non-hydrogen) atoms. The molecule has 1 saturated heterocycles. The molecule has 0 aromatic carbocycles. The Morgan fingerprint density at radius 1 is 1.24 bits per heavy atom. The maximum atomic E-state index is 12.3. The van der Waals surface area contributed by atoms with Gasteiger partial charge >= 0.3 is 0 Å². The molecule has 1 aliphatic heterocycles. The van der Waals surface area contributed by atoms with Gasteiger partial charge in [0, 0.05) is 6.04 Å². The lowest BCUT2D eigenvalue weighted by atomic mass is 10.0. The van der Waals surface area contributed by atoms with E-state index in [2.05, 4.69) is 51.8 Å². The molecular formula is C14H28N2O. The van der Waals surface area contributed by atoms with Gasteiger partial charge in [-0.05, 0) is 31.6 Å². The molecule has 100 valence electrons. The lowest BCUT2D eigenvalue weighted by Crippen LogP contribution is -2.46. The highest BCUT2D eigenvalue weighted by Gasteiger charge is 2.41. The fourth-order valence-electron chi connectivity index (χ4n) is 2.77. The van der Waals surface area contributed by atoms with Crippen molar-refractivity contribution in [2.75, 3.05) is 0 Å². The molecule has 1 heterocycles. The van der Waals surface area contributed by atoms with E-state index in [9.17, 15) is 4.79 Å². The first-order chi connectivity index (χ1) is 7.88. The normalized spacial score (nSPS) is 27.3. The molecule has 0 spiro atoms. The summed E-state index contributed by atoms with van der Waals surface area (Å²) >= 11 is 0. The van der Waals surface area contributed by atoms with E-state index < -0.39 is 0 Å². The van der Waals surface area contributed by atoms with Crippen LogP contribution in [-0.4, -0.2) is 29.1 Å². The first kappa shape index (κ1) is 14.5. The summed E-state index contributed by atoms with van der Waals surface area (Å²) in [6.07, 6.45) is 2.17. The zero-order valence-corrected chi connectivity index (χ0v) is 12.2. The third kappa shape index (κ3) is 3.21. The second-order valence-corrected chi connectivity index (χ2v) is 6.04. The molecule has 3 unspecified atom stereocenters. The van der Waals surface area contributed by atoms with Crippen LogP contribution in [-0.2, 0) is 4.79 Å². The first-order valence-electron chi connectivity index (χ1n) is 6.96. The summed E-state index contributed by atoms with van der Waals surface area (Å²) in [6, 6.07) is 0.357. The highest BCUT2D eigenvalue weighted by Crippen LogP contribution is 2.24. The predicted octanol–water partition coefficient (Wildman–Crippen LogP) is 2.61. The summed E-state index contributed by atoms with van der Waals surface area (Å²) in [5, 5.41) is 3.47. The predicted molar refractivity (Wildman–Crippen MR) is 71.6 cm³/mol. The van der Waals surface area contributed by atoms with Crippen LogP contribution in [0.5, 0.6) is 0 Å². The van der Waals surface area contributed by atoms with E-state index in [0.29, 0.717) is 23.8 Å². The van der Waals surface area contributed by atoms with Crippen molar-refractivity contribution in [2.45, 2.75) is 72.6 Å².